The third kappa shape index (κ3) is 4.71. The largest absolute Gasteiger partial charge is 0.389 e. The third-order valence-corrected chi connectivity index (χ3v) is 3.77. The number of halogens is 2. The van der Waals surface area contributed by atoms with Gasteiger partial charge in [-0.1, -0.05) is 50.3 Å². The second-order valence-corrected chi connectivity index (χ2v) is 5.37. The van der Waals surface area contributed by atoms with Gasteiger partial charge in [0.15, 0.2) is 0 Å². The summed E-state index contributed by atoms with van der Waals surface area (Å²) in [5.41, 5.74) is 1.07. The van der Waals surface area contributed by atoms with Crippen molar-refractivity contribution < 1.29 is 13.9 Å². The Balaban J connectivity index is 2.59. The van der Waals surface area contributed by atoms with Crippen molar-refractivity contribution in [2.24, 2.45) is 5.92 Å². The van der Waals surface area contributed by atoms with Gasteiger partial charge in [-0.3, -0.25) is 0 Å². The third-order valence-electron chi connectivity index (χ3n) is 3.77. The minimum Gasteiger partial charge on any atom is -0.389 e. The van der Waals surface area contributed by atoms with E-state index in [1.54, 1.807) is 6.92 Å². The maximum absolute atomic E-state index is 14.0. The minimum absolute atomic E-state index is 0.0348. The van der Waals surface area contributed by atoms with Crippen molar-refractivity contribution >= 4 is 0 Å². The maximum atomic E-state index is 14.0. The molecule has 1 nitrogen and oxygen atoms in total. The highest BCUT2D eigenvalue weighted by Crippen LogP contribution is 2.34. The molecule has 0 radical (unpaired) electrons. The lowest BCUT2D eigenvalue weighted by atomic mass is 9.93. The SMILES string of the molecule is CCC(C)C(F)(F)/C(C)=C/C(O)CCc1ccccc1. The zero-order valence-electron chi connectivity index (χ0n) is 12.4. The normalized spacial score (nSPS) is 16.0. The van der Waals surface area contributed by atoms with Gasteiger partial charge in [-0.15, -0.1) is 0 Å². The molecule has 3 heteroatoms. The van der Waals surface area contributed by atoms with Crippen LogP contribution in [-0.4, -0.2) is 17.1 Å². The summed E-state index contributed by atoms with van der Waals surface area (Å²) in [6.07, 6.45) is 2.02. The molecule has 1 aromatic rings. The molecule has 0 heterocycles. The van der Waals surface area contributed by atoms with Crippen molar-refractivity contribution in [3.8, 4) is 0 Å². The summed E-state index contributed by atoms with van der Waals surface area (Å²) >= 11 is 0. The van der Waals surface area contributed by atoms with Gasteiger partial charge in [0, 0.05) is 5.92 Å². The van der Waals surface area contributed by atoms with Gasteiger partial charge in [-0.25, -0.2) is 8.78 Å². The van der Waals surface area contributed by atoms with Crippen molar-refractivity contribution in [3.63, 3.8) is 0 Å². The molecule has 0 aliphatic heterocycles. The highest BCUT2D eigenvalue weighted by Gasteiger charge is 2.37. The molecule has 1 N–H and O–H groups in total. The van der Waals surface area contributed by atoms with Crippen LogP contribution in [0.1, 0.15) is 39.2 Å². The van der Waals surface area contributed by atoms with Crippen LogP contribution in [0.5, 0.6) is 0 Å². The van der Waals surface area contributed by atoms with Crippen LogP contribution in [0, 0.1) is 5.92 Å². The topological polar surface area (TPSA) is 20.2 Å². The van der Waals surface area contributed by atoms with Crippen LogP contribution in [0.3, 0.4) is 0 Å². The quantitative estimate of drug-likeness (QED) is 0.724. The Morgan fingerprint density at radius 1 is 1.30 bits per heavy atom. The molecule has 2 unspecified atom stereocenters. The van der Waals surface area contributed by atoms with Crippen molar-refractivity contribution in [1.29, 1.82) is 0 Å². The van der Waals surface area contributed by atoms with E-state index in [9.17, 15) is 13.9 Å². The molecule has 2 atom stereocenters. The first-order valence-electron chi connectivity index (χ1n) is 7.16. The fourth-order valence-corrected chi connectivity index (χ4v) is 2.09. The Labute approximate surface area is 120 Å². The Bertz CT molecular complexity index is 426. The molecule has 0 fully saturated rings. The molecule has 0 bridgehead atoms. The van der Waals surface area contributed by atoms with Gasteiger partial charge >= 0.3 is 0 Å². The number of aliphatic hydroxyl groups excluding tert-OH is 1. The van der Waals surface area contributed by atoms with E-state index < -0.39 is 17.9 Å². The Hall–Kier alpha value is -1.22. The zero-order chi connectivity index (χ0) is 15.2. The molecule has 20 heavy (non-hydrogen) atoms. The fourth-order valence-electron chi connectivity index (χ4n) is 2.09. The average molecular weight is 282 g/mol. The number of aliphatic hydroxyl groups is 1. The standard InChI is InChI=1S/C17H24F2O/c1-4-13(2)17(18,19)14(3)12-16(20)11-10-15-8-6-5-7-9-15/h5-9,12-13,16,20H,4,10-11H2,1-3H3/b14-12+. The molecular formula is C17H24F2O. The maximum Gasteiger partial charge on any atom is 0.271 e. The van der Waals surface area contributed by atoms with Crippen LogP contribution >= 0.6 is 0 Å². The van der Waals surface area contributed by atoms with E-state index in [1.165, 1.54) is 19.9 Å². The summed E-state index contributed by atoms with van der Waals surface area (Å²) in [6, 6.07) is 9.73. The van der Waals surface area contributed by atoms with E-state index in [1.807, 2.05) is 30.3 Å². The number of rotatable bonds is 7. The monoisotopic (exact) mass is 282 g/mol. The van der Waals surface area contributed by atoms with Gasteiger partial charge in [0.05, 0.1) is 6.10 Å². The van der Waals surface area contributed by atoms with E-state index in [4.69, 9.17) is 0 Å². The summed E-state index contributed by atoms with van der Waals surface area (Å²) < 4.78 is 27.9. The van der Waals surface area contributed by atoms with Crippen LogP contribution in [0.25, 0.3) is 0 Å². The highest BCUT2D eigenvalue weighted by molar-refractivity contribution is 5.16. The van der Waals surface area contributed by atoms with Gasteiger partial charge < -0.3 is 5.11 Å². The molecule has 0 saturated heterocycles. The van der Waals surface area contributed by atoms with Crippen LogP contribution in [0.15, 0.2) is 42.0 Å². The van der Waals surface area contributed by atoms with Crippen LogP contribution in [0.4, 0.5) is 8.78 Å². The van der Waals surface area contributed by atoms with Crippen molar-refractivity contribution in [3.05, 3.63) is 47.5 Å². The molecule has 112 valence electrons. The van der Waals surface area contributed by atoms with E-state index in [0.29, 0.717) is 19.3 Å². The lowest BCUT2D eigenvalue weighted by Gasteiger charge is -2.24. The Morgan fingerprint density at radius 3 is 2.45 bits per heavy atom. The molecule has 0 aliphatic rings. The molecular weight excluding hydrogens is 258 g/mol. The first-order chi connectivity index (χ1) is 9.37. The Kier molecular flexibility index (Phi) is 6.34. The smallest absolute Gasteiger partial charge is 0.271 e. The van der Waals surface area contributed by atoms with Gasteiger partial charge in [0.2, 0.25) is 0 Å². The van der Waals surface area contributed by atoms with Crippen molar-refractivity contribution in [2.45, 2.75) is 52.1 Å². The summed E-state index contributed by atoms with van der Waals surface area (Å²) in [5, 5.41) is 9.89. The van der Waals surface area contributed by atoms with Crippen molar-refractivity contribution in [1.82, 2.24) is 0 Å². The second kappa shape index (κ2) is 7.53. The summed E-state index contributed by atoms with van der Waals surface area (Å²) in [7, 11) is 0. The number of hydrogen-bond donors (Lipinski definition) is 1. The lowest BCUT2D eigenvalue weighted by Crippen LogP contribution is -2.28. The zero-order valence-corrected chi connectivity index (χ0v) is 12.4. The van der Waals surface area contributed by atoms with E-state index >= 15 is 0 Å². The summed E-state index contributed by atoms with van der Waals surface area (Å²) in [4.78, 5) is 0. The molecule has 0 amide bonds. The average Bonchev–Trinajstić information content (AvgIpc) is 2.45. The van der Waals surface area contributed by atoms with Crippen LogP contribution in [0.2, 0.25) is 0 Å². The molecule has 0 saturated carbocycles. The summed E-state index contributed by atoms with van der Waals surface area (Å²) in [6.45, 7) is 4.68. The molecule has 1 rings (SSSR count). The second-order valence-electron chi connectivity index (χ2n) is 5.37. The molecule has 1 aromatic carbocycles. The molecule has 0 aromatic heterocycles. The number of allylic oxidation sites excluding steroid dienone is 1. The minimum atomic E-state index is -2.84. The number of benzene rings is 1. The lowest BCUT2D eigenvalue weighted by molar-refractivity contribution is -0.0163. The first kappa shape index (κ1) is 16.8. The summed E-state index contributed by atoms with van der Waals surface area (Å²) in [5.74, 6) is -3.55. The van der Waals surface area contributed by atoms with Gasteiger partial charge in [-0.2, -0.15) is 0 Å². The van der Waals surface area contributed by atoms with Gasteiger partial charge in [-0.05, 0) is 37.3 Å². The molecule has 0 aliphatic carbocycles. The fraction of sp³-hybridized carbons (Fsp3) is 0.529. The van der Waals surface area contributed by atoms with Crippen LogP contribution < -0.4 is 0 Å². The van der Waals surface area contributed by atoms with E-state index in [-0.39, 0.29) is 5.57 Å². The number of alkyl halides is 2. The van der Waals surface area contributed by atoms with E-state index in [0.717, 1.165) is 5.56 Å². The van der Waals surface area contributed by atoms with Crippen molar-refractivity contribution in [2.75, 3.05) is 0 Å². The first-order valence-corrected chi connectivity index (χ1v) is 7.16. The number of aryl methyl sites for hydroxylation is 1. The highest BCUT2D eigenvalue weighted by atomic mass is 19.3. The van der Waals surface area contributed by atoms with Crippen LogP contribution in [-0.2, 0) is 6.42 Å². The predicted molar refractivity (Wildman–Crippen MR) is 78.9 cm³/mol. The number of hydrogen-bond acceptors (Lipinski definition) is 1. The van der Waals surface area contributed by atoms with Gasteiger partial charge in [0.25, 0.3) is 5.92 Å². The Morgan fingerprint density at radius 2 is 1.90 bits per heavy atom. The van der Waals surface area contributed by atoms with Gasteiger partial charge in [0.1, 0.15) is 0 Å². The van der Waals surface area contributed by atoms with E-state index in [2.05, 4.69) is 0 Å². The molecule has 0 spiro atoms. The predicted octanol–water partition coefficient (Wildman–Crippen LogP) is 4.61.